The first-order chi connectivity index (χ1) is 13.3. The summed E-state index contributed by atoms with van der Waals surface area (Å²) >= 11 is 0. The van der Waals surface area contributed by atoms with Crippen LogP contribution in [-0.4, -0.2) is 76.9 Å². The number of alkyl carbamates (subject to hydrolysis) is 1. The van der Waals surface area contributed by atoms with Crippen LogP contribution in [0.5, 0.6) is 0 Å². The number of ketones is 1. The molecule has 0 radical (unpaired) electrons. The zero-order valence-corrected chi connectivity index (χ0v) is 17.4. The van der Waals surface area contributed by atoms with Crippen molar-refractivity contribution in [2.45, 2.75) is 45.6 Å². The van der Waals surface area contributed by atoms with Gasteiger partial charge in [0.15, 0.2) is 0 Å². The van der Waals surface area contributed by atoms with Gasteiger partial charge in [0.1, 0.15) is 11.4 Å². The van der Waals surface area contributed by atoms with Crippen LogP contribution in [0.1, 0.15) is 40.0 Å². The van der Waals surface area contributed by atoms with Crippen LogP contribution in [0.4, 0.5) is 4.79 Å². The van der Waals surface area contributed by atoms with E-state index in [0.29, 0.717) is 78.7 Å². The number of carbonyl (C=O) groups excluding carboxylic acids is 2. The highest BCUT2D eigenvalue weighted by molar-refractivity contribution is 5.78. The Bertz CT molecular complexity index is 454. The highest BCUT2D eigenvalue weighted by Gasteiger charge is 2.15. The maximum Gasteiger partial charge on any atom is 0.407 e. The maximum absolute atomic E-state index is 11.4. The normalized spacial score (nSPS) is 11.1. The van der Waals surface area contributed by atoms with Gasteiger partial charge in [-0.2, -0.15) is 0 Å². The Morgan fingerprint density at radius 2 is 1.32 bits per heavy atom. The topological polar surface area (TPSA) is 92.3 Å². The van der Waals surface area contributed by atoms with Crippen molar-refractivity contribution in [3.8, 4) is 12.3 Å². The fourth-order valence-corrected chi connectivity index (χ4v) is 1.82. The van der Waals surface area contributed by atoms with Crippen molar-refractivity contribution < 1.29 is 33.3 Å². The van der Waals surface area contributed by atoms with Gasteiger partial charge in [0.2, 0.25) is 0 Å². The van der Waals surface area contributed by atoms with Crippen LogP contribution in [0.25, 0.3) is 0 Å². The summed E-state index contributed by atoms with van der Waals surface area (Å²) in [5, 5.41) is 2.61. The fourth-order valence-electron chi connectivity index (χ4n) is 1.82. The number of rotatable bonds is 17. The lowest BCUT2D eigenvalue weighted by Crippen LogP contribution is -2.34. The van der Waals surface area contributed by atoms with Gasteiger partial charge >= 0.3 is 6.09 Å². The van der Waals surface area contributed by atoms with Crippen LogP contribution in [0.15, 0.2) is 0 Å². The Morgan fingerprint density at radius 3 is 1.82 bits per heavy atom. The van der Waals surface area contributed by atoms with E-state index in [1.807, 2.05) is 20.8 Å². The number of hydrogen-bond donors (Lipinski definition) is 1. The predicted molar refractivity (Wildman–Crippen MR) is 105 cm³/mol. The highest BCUT2D eigenvalue weighted by Crippen LogP contribution is 2.06. The summed E-state index contributed by atoms with van der Waals surface area (Å²) in [6.45, 7) is 9.30. The van der Waals surface area contributed by atoms with E-state index in [1.165, 1.54) is 0 Å². The van der Waals surface area contributed by atoms with Crippen molar-refractivity contribution in [1.29, 1.82) is 0 Å². The summed E-state index contributed by atoms with van der Waals surface area (Å²) < 4.78 is 26.5. The molecule has 28 heavy (non-hydrogen) atoms. The number of carbonyl (C=O) groups is 2. The standard InChI is InChI=1S/C20H35NO7/c1-5-6-7-18(22)8-10-24-12-14-26-16-17-27-15-13-25-11-9-21-19(23)28-20(2,3)4/h1H,6-17H2,2-4H3,(H,21,23). The molecule has 162 valence electrons. The number of hydrogen-bond acceptors (Lipinski definition) is 7. The molecule has 0 spiro atoms. The van der Waals surface area contributed by atoms with Gasteiger partial charge in [-0.05, 0) is 20.8 Å². The van der Waals surface area contributed by atoms with Gasteiger partial charge in [0.05, 0.1) is 52.9 Å². The molecule has 0 saturated carbocycles. The summed E-state index contributed by atoms with van der Waals surface area (Å²) in [5.41, 5.74) is -0.506. The van der Waals surface area contributed by atoms with E-state index in [0.717, 1.165) is 0 Å². The summed E-state index contributed by atoms with van der Waals surface area (Å²) in [4.78, 5) is 22.7. The summed E-state index contributed by atoms with van der Waals surface area (Å²) in [7, 11) is 0. The van der Waals surface area contributed by atoms with Gasteiger partial charge in [-0.25, -0.2) is 4.79 Å². The molecule has 0 saturated heterocycles. The minimum absolute atomic E-state index is 0.120. The summed E-state index contributed by atoms with van der Waals surface area (Å²) in [5.74, 6) is 2.56. The lowest BCUT2D eigenvalue weighted by atomic mass is 10.2. The van der Waals surface area contributed by atoms with E-state index in [4.69, 9.17) is 30.1 Å². The molecule has 0 aromatic heterocycles. The zero-order valence-electron chi connectivity index (χ0n) is 17.4. The van der Waals surface area contributed by atoms with E-state index >= 15 is 0 Å². The largest absolute Gasteiger partial charge is 0.444 e. The van der Waals surface area contributed by atoms with Crippen molar-refractivity contribution >= 4 is 11.9 Å². The van der Waals surface area contributed by atoms with Crippen LogP contribution in [0.3, 0.4) is 0 Å². The van der Waals surface area contributed by atoms with Gasteiger partial charge in [0, 0.05) is 25.8 Å². The molecule has 0 aliphatic rings. The second-order valence-electron chi connectivity index (χ2n) is 6.87. The smallest absolute Gasteiger partial charge is 0.407 e. The molecule has 0 unspecified atom stereocenters. The third-order valence-electron chi connectivity index (χ3n) is 3.10. The minimum atomic E-state index is -0.506. The third-order valence-corrected chi connectivity index (χ3v) is 3.10. The lowest BCUT2D eigenvalue weighted by molar-refractivity contribution is -0.120. The first kappa shape index (κ1) is 26.3. The van der Waals surface area contributed by atoms with E-state index in [-0.39, 0.29) is 5.78 Å². The first-order valence-corrected chi connectivity index (χ1v) is 9.58. The van der Waals surface area contributed by atoms with Crippen LogP contribution in [-0.2, 0) is 28.5 Å². The van der Waals surface area contributed by atoms with Crippen LogP contribution in [0, 0.1) is 12.3 Å². The van der Waals surface area contributed by atoms with Gasteiger partial charge in [-0.15, -0.1) is 12.3 Å². The van der Waals surface area contributed by atoms with E-state index < -0.39 is 11.7 Å². The Balaban J connectivity index is 3.21. The van der Waals surface area contributed by atoms with Crippen molar-refractivity contribution in [2.24, 2.45) is 0 Å². The molecule has 0 heterocycles. The van der Waals surface area contributed by atoms with Crippen LogP contribution >= 0.6 is 0 Å². The lowest BCUT2D eigenvalue weighted by Gasteiger charge is -2.19. The minimum Gasteiger partial charge on any atom is -0.444 e. The molecule has 0 aliphatic heterocycles. The Labute approximate surface area is 168 Å². The third kappa shape index (κ3) is 20.6. The van der Waals surface area contributed by atoms with E-state index in [2.05, 4.69) is 11.2 Å². The van der Waals surface area contributed by atoms with Gasteiger partial charge < -0.3 is 29.0 Å². The van der Waals surface area contributed by atoms with Crippen molar-refractivity contribution in [2.75, 3.05) is 59.4 Å². The van der Waals surface area contributed by atoms with Gasteiger partial charge in [-0.3, -0.25) is 4.79 Å². The fraction of sp³-hybridized carbons (Fsp3) is 0.800. The number of Topliss-reactive ketones (excluding diaryl/α,β-unsaturated/α-hetero) is 1. The number of amides is 1. The molecule has 0 bridgehead atoms. The van der Waals surface area contributed by atoms with Crippen LogP contribution in [0.2, 0.25) is 0 Å². The average Bonchev–Trinajstić information content (AvgIpc) is 2.61. The molecule has 8 nitrogen and oxygen atoms in total. The van der Waals surface area contributed by atoms with Gasteiger partial charge in [0.25, 0.3) is 0 Å². The number of terminal acetylenes is 1. The van der Waals surface area contributed by atoms with E-state index in [9.17, 15) is 9.59 Å². The summed E-state index contributed by atoms with van der Waals surface area (Å²) in [6.07, 6.45) is 5.93. The maximum atomic E-state index is 11.4. The van der Waals surface area contributed by atoms with Crippen molar-refractivity contribution in [3.63, 3.8) is 0 Å². The Morgan fingerprint density at radius 1 is 0.821 bits per heavy atom. The summed E-state index contributed by atoms with van der Waals surface area (Å²) in [6, 6.07) is 0. The quantitative estimate of drug-likeness (QED) is 0.294. The second-order valence-corrected chi connectivity index (χ2v) is 6.87. The SMILES string of the molecule is C#CCCC(=O)CCOCCOCCOCCOCCNC(=O)OC(C)(C)C. The zero-order chi connectivity index (χ0) is 21.1. The molecule has 0 aliphatic carbocycles. The molecule has 0 atom stereocenters. The Hall–Kier alpha value is -1.66. The highest BCUT2D eigenvalue weighted by atomic mass is 16.6. The predicted octanol–water partition coefficient (Wildman–Crippen LogP) is 1.95. The van der Waals surface area contributed by atoms with Gasteiger partial charge in [-0.1, -0.05) is 0 Å². The van der Waals surface area contributed by atoms with Crippen LogP contribution < -0.4 is 5.32 Å². The molecular weight excluding hydrogens is 366 g/mol. The molecule has 0 aromatic rings. The molecule has 8 heteroatoms. The molecule has 0 aromatic carbocycles. The number of ether oxygens (including phenoxy) is 5. The molecule has 0 rings (SSSR count). The monoisotopic (exact) mass is 401 g/mol. The first-order valence-electron chi connectivity index (χ1n) is 9.58. The van der Waals surface area contributed by atoms with E-state index in [1.54, 1.807) is 0 Å². The molecule has 1 N–H and O–H groups in total. The second kappa shape index (κ2) is 17.4. The Kier molecular flexibility index (Phi) is 16.4. The van der Waals surface area contributed by atoms with Crippen molar-refractivity contribution in [3.05, 3.63) is 0 Å². The molecular formula is C20H35NO7. The number of nitrogens with one attached hydrogen (secondary N) is 1. The molecule has 1 amide bonds. The van der Waals surface area contributed by atoms with Crippen molar-refractivity contribution in [1.82, 2.24) is 5.32 Å². The average molecular weight is 402 g/mol. The molecule has 0 fully saturated rings.